The number of fused-ring (bicyclic) bond motifs is 1. The molecule has 4 nitrogen and oxygen atoms in total. The summed E-state index contributed by atoms with van der Waals surface area (Å²) in [5, 5.41) is 0. The summed E-state index contributed by atoms with van der Waals surface area (Å²) in [4.78, 5) is 7.72. The Morgan fingerprint density at radius 2 is 2.30 bits per heavy atom. The Kier molecular flexibility index (Phi) is 0.887. The Morgan fingerprint density at radius 1 is 1.40 bits per heavy atom. The Balaban J connectivity index is 2.75. The summed E-state index contributed by atoms with van der Waals surface area (Å²) in [7, 11) is 0. The van der Waals surface area contributed by atoms with Gasteiger partial charge in [0.15, 0.2) is 0 Å². The molecule has 2 aliphatic heterocycles. The van der Waals surface area contributed by atoms with E-state index in [1.165, 1.54) is 12.6 Å². The van der Waals surface area contributed by atoms with E-state index in [1.807, 2.05) is 0 Å². The van der Waals surface area contributed by atoms with Crippen molar-refractivity contribution in [3.8, 4) is 11.6 Å². The third-order valence-corrected chi connectivity index (χ3v) is 1.20. The second-order valence-electron chi connectivity index (χ2n) is 1.94. The van der Waals surface area contributed by atoms with Gasteiger partial charge in [-0.3, -0.25) is 0 Å². The minimum Gasteiger partial charge on any atom is -0.443 e. The Hall–Kier alpha value is -1.58. The van der Waals surface area contributed by atoms with Crippen molar-refractivity contribution >= 4 is 5.69 Å². The number of nitrogens with two attached hydrogens (primary N) is 1. The first-order valence-electron chi connectivity index (χ1n) is 2.81. The molecule has 0 aliphatic carbocycles. The lowest BCUT2D eigenvalue weighted by molar-refractivity contribution is 0.553. The van der Waals surface area contributed by atoms with Crippen molar-refractivity contribution in [2.45, 2.75) is 0 Å². The summed E-state index contributed by atoms with van der Waals surface area (Å²) in [5.74, 6) is 0.522. The number of hydrogen-bond donors (Lipinski definition) is 1. The van der Waals surface area contributed by atoms with Gasteiger partial charge in [0.1, 0.15) is 18.3 Å². The summed E-state index contributed by atoms with van der Waals surface area (Å²) in [6.07, 6.45) is 2.88. The van der Waals surface area contributed by atoms with E-state index in [4.69, 9.17) is 10.2 Å². The number of imidazole rings is 1. The maximum Gasteiger partial charge on any atom is 0.246 e. The van der Waals surface area contributed by atoms with E-state index in [2.05, 4.69) is 9.97 Å². The molecule has 0 atom stereocenters. The van der Waals surface area contributed by atoms with Crippen LogP contribution in [0.2, 0.25) is 0 Å². The van der Waals surface area contributed by atoms with Gasteiger partial charge in [0.05, 0.1) is 5.69 Å². The van der Waals surface area contributed by atoms with E-state index in [-0.39, 0.29) is 0 Å². The molecule has 2 rings (SSSR count). The minimum absolute atomic E-state index is 0.522. The van der Waals surface area contributed by atoms with Crippen LogP contribution in [0.4, 0.5) is 5.69 Å². The van der Waals surface area contributed by atoms with Crippen LogP contribution in [0.15, 0.2) is 23.1 Å². The van der Waals surface area contributed by atoms with Crippen molar-refractivity contribution in [2.75, 3.05) is 5.73 Å². The van der Waals surface area contributed by atoms with Crippen LogP contribution in [0.1, 0.15) is 0 Å². The molecule has 2 N–H and O–H groups in total. The fourth-order valence-corrected chi connectivity index (χ4v) is 0.770. The quantitative estimate of drug-likeness (QED) is 0.579. The van der Waals surface area contributed by atoms with Gasteiger partial charge in [0, 0.05) is 0 Å². The molecule has 0 radical (unpaired) electrons. The van der Waals surface area contributed by atoms with Gasteiger partial charge >= 0.3 is 0 Å². The van der Waals surface area contributed by atoms with E-state index in [1.54, 1.807) is 6.07 Å². The smallest absolute Gasteiger partial charge is 0.246 e. The van der Waals surface area contributed by atoms with Crippen LogP contribution in [0.3, 0.4) is 0 Å². The van der Waals surface area contributed by atoms with Crippen LogP contribution >= 0.6 is 0 Å². The minimum atomic E-state index is 0.522. The molecule has 0 amide bonds. The van der Waals surface area contributed by atoms with Crippen LogP contribution in [-0.4, -0.2) is 9.97 Å². The normalized spacial score (nSPS) is 10.4. The van der Waals surface area contributed by atoms with E-state index in [0.29, 0.717) is 17.3 Å². The van der Waals surface area contributed by atoms with Crippen molar-refractivity contribution < 1.29 is 4.42 Å². The molecule has 2 heterocycles. The van der Waals surface area contributed by atoms with Crippen LogP contribution in [-0.2, 0) is 0 Å². The number of nitrogen functional groups attached to an aromatic ring is 1. The maximum absolute atomic E-state index is 5.42. The Labute approximate surface area is 57.0 Å². The average Bonchev–Trinajstić information content (AvgIpc) is 2.33. The standard InChI is InChI=1S/C6H5N3O/c7-4-1-5-6(10-2-4)9-3-8-5/h1-3H,7H2. The second kappa shape index (κ2) is 1.70. The van der Waals surface area contributed by atoms with Crippen LogP contribution in [0.25, 0.3) is 11.6 Å². The number of aromatic nitrogens is 2. The van der Waals surface area contributed by atoms with Gasteiger partial charge in [-0.1, -0.05) is 0 Å². The average molecular weight is 135 g/mol. The Morgan fingerprint density at radius 3 is 3.20 bits per heavy atom. The van der Waals surface area contributed by atoms with Crippen molar-refractivity contribution in [2.24, 2.45) is 0 Å². The highest BCUT2D eigenvalue weighted by molar-refractivity contribution is 5.54. The molecule has 2 aliphatic rings. The molecule has 0 fully saturated rings. The van der Waals surface area contributed by atoms with Crippen LogP contribution in [0.5, 0.6) is 0 Å². The van der Waals surface area contributed by atoms with Gasteiger partial charge in [0.25, 0.3) is 0 Å². The van der Waals surface area contributed by atoms with Gasteiger partial charge < -0.3 is 10.2 Å². The van der Waals surface area contributed by atoms with Crippen LogP contribution < -0.4 is 5.73 Å². The molecule has 0 bridgehead atoms. The molecule has 10 heavy (non-hydrogen) atoms. The zero-order chi connectivity index (χ0) is 6.97. The first kappa shape index (κ1) is 5.22. The zero-order valence-corrected chi connectivity index (χ0v) is 5.11. The van der Waals surface area contributed by atoms with Crippen molar-refractivity contribution in [1.29, 1.82) is 0 Å². The molecule has 0 aromatic carbocycles. The van der Waals surface area contributed by atoms with Crippen molar-refractivity contribution in [3.05, 3.63) is 18.7 Å². The monoisotopic (exact) mass is 135 g/mol. The molecule has 0 unspecified atom stereocenters. The molecular formula is C6H5N3O. The van der Waals surface area contributed by atoms with Gasteiger partial charge in [0.2, 0.25) is 5.89 Å². The summed E-state index contributed by atoms with van der Waals surface area (Å²) < 4.78 is 4.98. The number of nitrogens with zero attached hydrogens (tertiary/aromatic N) is 2. The molecule has 0 saturated heterocycles. The fourth-order valence-electron chi connectivity index (χ4n) is 0.770. The van der Waals surface area contributed by atoms with Crippen molar-refractivity contribution in [3.63, 3.8) is 0 Å². The maximum atomic E-state index is 5.42. The van der Waals surface area contributed by atoms with E-state index in [0.717, 1.165) is 0 Å². The third-order valence-electron chi connectivity index (χ3n) is 1.20. The summed E-state index contributed by atoms with van der Waals surface area (Å²) in [6, 6.07) is 1.71. The molecule has 50 valence electrons. The molecule has 0 spiro atoms. The summed E-state index contributed by atoms with van der Waals surface area (Å²) in [5.41, 5.74) is 6.68. The summed E-state index contributed by atoms with van der Waals surface area (Å²) >= 11 is 0. The highest BCUT2D eigenvalue weighted by Gasteiger charge is 2.06. The number of anilines is 1. The lowest BCUT2D eigenvalue weighted by atomic mass is 10.3. The van der Waals surface area contributed by atoms with E-state index in [9.17, 15) is 0 Å². The van der Waals surface area contributed by atoms with E-state index >= 15 is 0 Å². The van der Waals surface area contributed by atoms with Crippen molar-refractivity contribution in [1.82, 2.24) is 9.97 Å². The third kappa shape index (κ3) is 0.621. The molecule has 0 aromatic rings. The highest BCUT2D eigenvalue weighted by Crippen LogP contribution is 2.18. The number of hydrogen-bond acceptors (Lipinski definition) is 4. The van der Waals surface area contributed by atoms with Gasteiger partial charge in [-0.05, 0) is 6.07 Å². The summed E-state index contributed by atoms with van der Waals surface area (Å²) in [6.45, 7) is 0. The largest absolute Gasteiger partial charge is 0.443 e. The lowest BCUT2D eigenvalue weighted by Gasteiger charge is -1.93. The molecule has 0 saturated carbocycles. The predicted molar refractivity (Wildman–Crippen MR) is 35.3 cm³/mol. The first-order chi connectivity index (χ1) is 4.86. The van der Waals surface area contributed by atoms with Gasteiger partial charge in [-0.2, -0.15) is 4.98 Å². The predicted octanol–water partition coefficient (Wildman–Crippen LogP) is 0.757. The lowest BCUT2D eigenvalue weighted by Crippen LogP contribution is -1.85. The van der Waals surface area contributed by atoms with Crippen LogP contribution in [0, 0.1) is 0 Å². The SMILES string of the molecule is Nc1coc2ncnc-2c1. The van der Waals surface area contributed by atoms with Gasteiger partial charge in [-0.15, -0.1) is 0 Å². The second-order valence-corrected chi connectivity index (χ2v) is 1.94. The zero-order valence-electron chi connectivity index (χ0n) is 5.11. The van der Waals surface area contributed by atoms with E-state index < -0.39 is 0 Å². The fraction of sp³-hybridized carbons (Fsp3) is 0. The highest BCUT2D eigenvalue weighted by atomic mass is 16.3. The molecule has 4 heteroatoms. The Bertz CT molecular complexity index is 317. The topological polar surface area (TPSA) is 64.9 Å². The number of rotatable bonds is 0. The van der Waals surface area contributed by atoms with Gasteiger partial charge in [-0.25, -0.2) is 4.98 Å². The molecular weight excluding hydrogens is 130 g/mol. The first-order valence-corrected chi connectivity index (χ1v) is 2.81. The molecule has 0 aromatic heterocycles.